The molecule has 7 nitrogen and oxygen atoms in total. The first-order valence-electron chi connectivity index (χ1n) is 21.5. The van der Waals surface area contributed by atoms with Crippen LogP contribution in [-0.2, 0) is 16.3 Å². The fourth-order valence-corrected chi connectivity index (χ4v) is 8.59. The quantitative estimate of drug-likeness (QED) is 0.0446. The standard InChI is InChI=1S/C46H67N3O4S/c1-2-3-4-5-6-7-8-9-10-11-12-13-14-15-16-17-18-24-46(51)53-38-49-43-37-40(27-25-39(43)26-28-45(49)50)52-35-20-19-30-47-31-33-48(34-32-47)42-22-21-23-44-41(42)29-36-54-44/h21-23,25-29,36-37H,2-20,24,30-35,38H2,1H3. The van der Waals surface area contributed by atoms with Gasteiger partial charge in [-0.3, -0.25) is 19.1 Å². The molecule has 0 spiro atoms. The number of esters is 1. The summed E-state index contributed by atoms with van der Waals surface area (Å²) in [5, 5.41) is 4.47. The van der Waals surface area contributed by atoms with E-state index in [1.807, 2.05) is 35.6 Å². The van der Waals surface area contributed by atoms with Crippen molar-refractivity contribution in [1.29, 1.82) is 0 Å². The lowest BCUT2D eigenvalue weighted by Gasteiger charge is -2.36. The Morgan fingerprint density at radius 3 is 2.04 bits per heavy atom. The molecule has 4 aromatic rings. The highest BCUT2D eigenvalue weighted by molar-refractivity contribution is 7.17. The lowest BCUT2D eigenvalue weighted by Crippen LogP contribution is -2.46. The van der Waals surface area contributed by atoms with Crippen LogP contribution in [-0.4, -0.2) is 54.8 Å². The number of carbonyl (C=O) groups excluding carboxylic acids is 1. The van der Waals surface area contributed by atoms with Crippen molar-refractivity contribution in [2.45, 2.75) is 142 Å². The fourth-order valence-electron chi connectivity index (χ4n) is 7.79. The number of nitrogens with zero attached hydrogens (tertiary/aromatic N) is 3. The number of pyridine rings is 1. The number of anilines is 1. The summed E-state index contributed by atoms with van der Waals surface area (Å²) >= 11 is 1.81. The average Bonchev–Trinajstić information content (AvgIpc) is 3.68. The fraction of sp³-hybridized carbons (Fsp3) is 0.609. The van der Waals surface area contributed by atoms with Gasteiger partial charge in [0.25, 0.3) is 5.56 Å². The van der Waals surface area contributed by atoms with Crippen molar-refractivity contribution in [2.24, 2.45) is 0 Å². The molecular formula is C46H67N3O4S. The molecule has 0 unspecified atom stereocenters. The summed E-state index contributed by atoms with van der Waals surface area (Å²) in [6.45, 7) is 8.16. The van der Waals surface area contributed by atoms with E-state index < -0.39 is 0 Å². The topological polar surface area (TPSA) is 64.0 Å². The molecular weight excluding hydrogens is 691 g/mol. The summed E-state index contributed by atoms with van der Waals surface area (Å²) < 4.78 is 14.6. The second-order valence-electron chi connectivity index (χ2n) is 15.4. The number of aromatic nitrogens is 1. The number of hydrogen-bond acceptors (Lipinski definition) is 7. The van der Waals surface area contributed by atoms with Crippen LogP contribution in [0.2, 0.25) is 0 Å². The maximum absolute atomic E-state index is 12.8. The number of piperazine rings is 1. The third-order valence-corrected chi connectivity index (χ3v) is 12.0. The Morgan fingerprint density at radius 2 is 1.35 bits per heavy atom. The summed E-state index contributed by atoms with van der Waals surface area (Å²) in [6, 6.07) is 18.1. The SMILES string of the molecule is CCCCCCCCCCCCCCCCCCCC(=O)OCn1c(=O)ccc2ccc(OCCCCN3CCN(c4cccc5sccc45)CC3)cc21. The Hall–Kier alpha value is -3.36. The lowest BCUT2D eigenvalue weighted by atomic mass is 10.0. The average molecular weight is 758 g/mol. The van der Waals surface area contributed by atoms with Gasteiger partial charge in [-0.2, -0.15) is 0 Å². The van der Waals surface area contributed by atoms with Gasteiger partial charge in [-0.05, 0) is 73.0 Å². The zero-order valence-corrected chi connectivity index (χ0v) is 34.1. The van der Waals surface area contributed by atoms with Crippen LogP contribution in [0.3, 0.4) is 0 Å². The van der Waals surface area contributed by atoms with E-state index in [9.17, 15) is 9.59 Å². The van der Waals surface area contributed by atoms with E-state index in [-0.39, 0.29) is 18.3 Å². The second-order valence-corrected chi connectivity index (χ2v) is 16.3. The van der Waals surface area contributed by atoms with E-state index in [0.29, 0.717) is 13.0 Å². The largest absolute Gasteiger partial charge is 0.494 e. The molecule has 296 valence electrons. The van der Waals surface area contributed by atoms with E-state index in [4.69, 9.17) is 9.47 Å². The van der Waals surface area contributed by atoms with Crippen LogP contribution in [0.15, 0.2) is 64.8 Å². The van der Waals surface area contributed by atoms with Crippen LogP contribution in [0.1, 0.15) is 135 Å². The summed E-state index contributed by atoms with van der Waals surface area (Å²) in [6.07, 6.45) is 24.7. The number of thiophene rings is 1. The highest BCUT2D eigenvalue weighted by Gasteiger charge is 2.18. The van der Waals surface area contributed by atoms with E-state index in [0.717, 1.165) is 75.1 Å². The molecule has 54 heavy (non-hydrogen) atoms. The molecule has 0 radical (unpaired) electrons. The Balaban J connectivity index is 0.902. The minimum absolute atomic E-state index is 0.0763. The molecule has 3 heterocycles. The van der Waals surface area contributed by atoms with Gasteiger partial charge in [0.1, 0.15) is 5.75 Å². The molecule has 1 aliphatic rings. The van der Waals surface area contributed by atoms with Crippen molar-refractivity contribution in [1.82, 2.24) is 9.47 Å². The Bertz CT molecular complexity index is 1710. The third kappa shape index (κ3) is 14.1. The first-order valence-corrected chi connectivity index (χ1v) is 22.4. The molecule has 0 atom stereocenters. The summed E-state index contributed by atoms with van der Waals surface area (Å²) in [5.74, 6) is 0.487. The van der Waals surface area contributed by atoms with Crippen LogP contribution in [0.5, 0.6) is 5.75 Å². The van der Waals surface area contributed by atoms with E-state index >= 15 is 0 Å². The van der Waals surface area contributed by atoms with Crippen molar-refractivity contribution < 1.29 is 14.3 Å². The van der Waals surface area contributed by atoms with E-state index in [1.165, 1.54) is 123 Å². The van der Waals surface area contributed by atoms with E-state index in [2.05, 4.69) is 46.4 Å². The number of benzene rings is 2. The molecule has 8 heteroatoms. The van der Waals surface area contributed by atoms with Crippen molar-refractivity contribution in [3.05, 3.63) is 70.3 Å². The third-order valence-electron chi connectivity index (χ3n) is 11.1. The monoisotopic (exact) mass is 757 g/mol. The molecule has 0 bridgehead atoms. The van der Waals surface area contributed by atoms with Gasteiger partial charge in [-0.1, -0.05) is 116 Å². The molecule has 1 saturated heterocycles. The molecule has 2 aromatic heterocycles. The van der Waals surface area contributed by atoms with Crippen molar-refractivity contribution in [2.75, 3.05) is 44.2 Å². The van der Waals surface area contributed by atoms with Gasteiger partial charge < -0.3 is 14.4 Å². The number of ether oxygens (including phenoxy) is 2. The smallest absolute Gasteiger partial charge is 0.307 e. The summed E-state index contributed by atoms with van der Waals surface area (Å²) in [7, 11) is 0. The summed E-state index contributed by atoms with van der Waals surface area (Å²) in [4.78, 5) is 30.4. The van der Waals surface area contributed by atoms with Gasteiger partial charge in [0.05, 0.1) is 12.1 Å². The van der Waals surface area contributed by atoms with Gasteiger partial charge in [-0.15, -0.1) is 11.3 Å². The zero-order chi connectivity index (χ0) is 37.6. The lowest BCUT2D eigenvalue weighted by molar-refractivity contribution is -0.147. The Kier molecular flexibility index (Phi) is 18.7. The maximum Gasteiger partial charge on any atom is 0.307 e. The van der Waals surface area contributed by atoms with Crippen molar-refractivity contribution in [3.8, 4) is 5.75 Å². The highest BCUT2D eigenvalue weighted by Crippen LogP contribution is 2.31. The van der Waals surface area contributed by atoms with Crippen molar-refractivity contribution >= 4 is 44.0 Å². The normalized spacial score (nSPS) is 13.6. The van der Waals surface area contributed by atoms with Gasteiger partial charge in [-0.25, -0.2) is 0 Å². The van der Waals surface area contributed by atoms with Crippen LogP contribution in [0.25, 0.3) is 21.0 Å². The number of rotatable bonds is 27. The Morgan fingerprint density at radius 1 is 0.704 bits per heavy atom. The van der Waals surface area contributed by atoms with Gasteiger partial charge >= 0.3 is 5.97 Å². The maximum atomic E-state index is 12.8. The minimum Gasteiger partial charge on any atom is -0.494 e. The van der Waals surface area contributed by atoms with Gasteiger partial charge in [0.15, 0.2) is 6.73 Å². The molecule has 2 aromatic carbocycles. The number of carbonyl (C=O) groups is 1. The predicted molar refractivity (Wildman–Crippen MR) is 228 cm³/mol. The first kappa shape index (κ1) is 41.8. The first-order chi connectivity index (χ1) is 26.6. The highest BCUT2D eigenvalue weighted by atomic mass is 32.1. The van der Waals surface area contributed by atoms with Crippen LogP contribution < -0.4 is 15.2 Å². The Labute approximate surface area is 329 Å². The van der Waals surface area contributed by atoms with Crippen LogP contribution in [0.4, 0.5) is 5.69 Å². The molecule has 0 saturated carbocycles. The molecule has 1 aliphatic heterocycles. The zero-order valence-electron chi connectivity index (χ0n) is 33.2. The molecule has 0 aliphatic carbocycles. The van der Waals surface area contributed by atoms with Crippen LogP contribution >= 0.6 is 11.3 Å². The molecule has 1 fully saturated rings. The van der Waals surface area contributed by atoms with Crippen LogP contribution in [0, 0.1) is 0 Å². The molecule has 5 rings (SSSR count). The minimum atomic E-state index is -0.242. The summed E-state index contributed by atoms with van der Waals surface area (Å²) in [5.41, 5.74) is 1.90. The number of hydrogen-bond donors (Lipinski definition) is 0. The number of unbranched alkanes of at least 4 members (excludes halogenated alkanes) is 17. The molecule has 0 amide bonds. The predicted octanol–water partition coefficient (Wildman–Crippen LogP) is 11.7. The number of fused-ring (bicyclic) bond motifs is 2. The second kappa shape index (κ2) is 24.2. The van der Waals surface area contributed by atoms with Crippen molar-refractivity contribution in [3.63, 3.8) is 0 Å². The van der Waals surface area contributed by atoms with Gasteiger partial charge in [0.2, 0.25) is 0 Å². The van der Waals surface area contributed by atoms with Gasteiger partial charge in [0, 0.05) is 60.5 Å². The van der Waals surface area contributed by atoms with E-state index in [1.54, 1.807) is 0 Å². The molecule has 0 N–H and O–H groups in total.